The molecule has 1 atom stereocenters. The van der Waals surface area contributed by atoms with Crippen LogP contribution in [0.5, 0.6) is 5.75 Å². The van der Waals surface area contributed by atoms with Crippen molar-refractivity contribution < 1.29 is 19.2 Å². The smallest absolute Gasteiger partial charge is 0.253 e. The van der Waals surface area contributed by atoms with Gasteiger partial charge in [-0.25, -0.2) is 10.0 Å². The maximum Gasteiger partial charge on any atom is 0.253 e. The summed E-state index contributed by atoms with van der Waals surface area (Å²) in [6.07, 6.45) is 9.52. The Kier molecular flexibility index (Phi) is 7.34. The van der Waals surface area contributed by atoms with Crippen LogP contribution in [-0.4, -0.2) is 43.0 Å². The average Bonchev–Trinajstić information content (AvgIpc) is 3.44. The highest BCUT2D eigenvalue weighted by Crippen LogP contribution is 2.23. The highest BCUT2D eigenvalue weighted by molar-refractivity contribution is 5.44. The minimum absolute atomic E-state index is 0.116. The van der Waals surface area contributed by atoms with Crippen LogP contribution in [0.2, 0.25) is 0 Å². The Labute approximate surface area is 168 Å². The van der Waals surface area contributed by atoms with Crippen LogP contribution in [0.3, 0.4) is 0 Å². The summed E-state index contributed by atoms with van der Waals surface area (Å²) >= 11 is 0. The molecular weight excluding hydrogens is 374 g/mol. The van der Waals surface area contributed by atoms with E-state index in [0.29, 0.717) is 29.0 Å². The molecule has 0 saturated heterocycles. The van der Waals surface area contributed by atoms with Crippen molar-refractivity contribution in [1.82, 2.24) is 24.8 Å². The molecule has 3 rings (SSSR count). The zero-order valence-corrected chi connectivity index (χ0v) is 16.3. The first-order valence-electron chi connectivity index (χ1n) is 9.64. The fourth-order valence-electron chi connectivity index (χ4n) is 2.96. The quantitative estimate of drug-likeness (QED) is 0.215. The summed E-state index contributed by atoms with van der Waals surface area (Å²) in [5, 5.41) is 18.3. The summed E-state index contributed by atoms with van der Waals surface area (Å²) in [6, 6.07) is 7.56. The molecule has 0 bridgehead atoms. The number of ether oxygens (including phenoxy) is 1. The zero-order chi connectivity index (χ0) is 20.5. The molecule has 0 aliphatic rings. The van der Waals surface area contributed by atoms with E-state index < -0.39 is 0 Å². The number of amides is 1. The molecule has 0 radical (unpaired) electrons. The van der Waals surface area contributed by atoms with Gasteiger partial charge in [0.05, 0.1) is 18.8 Å². The second-order valence-electron chi connectivity index (χ2n) is 6.71. The highest BCUT2D eigenvalue weighted by Gasteiger charge is 2.21. The van der Waals surface area contributed by atoms with Gasteiger partial charge >= 0.3 is 0 Å². The van der Waals surface area contributed by atoms with Crippen molar-refractivity contribution in [3.63, 3.8) is 0 Å². The molecule has 9 nitrogen and oxygen atoms in total. The van der Waals surface area contributed by atoms with Crippen molar-refractivity contribution in [3.05, 3.63) is 54.8 Å². The second kappa shape index (κ2) is 10.4. The maximum atomic E-state index is 10.7. The van der Waals surface area contributed by atoms with Gasteiger partial charge in [0.2, 0.25) is 12.3 Å². The molecule has 1 amide bonds. The number of imidazole rings is 1. The van der Waals surface area contributed by atoms with Crippen LogP contribution >= 0.6 is 0 Å². The number of hydrogen-bond donors (Lipinski definition) is 1. The summed E-state index contributed by atoms with van der Waals surface area (Å²) in [4.78, 5) is 14.8. The molecule has 1 aromatic carbocycles. The summed E-state index contributed by atoms with van der Waals surface area (Å²) in [5.74, 6) is 1.20. The van der Waals surface area contributed by atoms with Crippen LogP contribution in [0.1, 0.15) is 50.3 Å². The van der Waals surface area contributed by atoms with E-state index in [1.165, 1.54) is 0 Å². The zero-order valence-electron chi connectivity index (χ0n) is 16.3. The van der Waals surface area contributed by atoms with Gasteiger partial charge in [-0.1, -0.05) is 26.2 Å². The summed E-state index contributed by atoms with van der Waals surface area (Å²) < 4.78 is 13.3. The van der Waals surface area contributed by atoms with Crippen LogP contribution in [-0.2, 0) is 11.4 Å². The SMILES string of the molecule is CCCCCC(CN(O)C=O)c1nnc(COc2ccc(-n3ccnc3)cc2)o1. The molecule has 2 aromatic heterocycles. The Hall–Kier alpha value is -3.20. The molecule has 3 aromatic rings. The third-order valence-corrected chi connectivity index (χ3v) is 4.52. The number of carbonyl (C=O) groups excluding carboxylic acids is 1. The number of aromatic nitrogens is 4. The van der Waals surface area contributed by atoms with Crippen LogP contribution in [0.4, 0.5) is 0 Å². The lowest BCUT2D eigenvalue weighted by Gasteiger charge is -2.16. The predicted molar refractivity (Wildman–Crippen MR) is 104 cm³/mol. The second-order valence-corrected chi connectivity index (χ2v) is 6.71. The van der Waals surface area contributed by atoms with E-state index in [-0.39, 0.29) is 19.1 Å². The Morgan fingerprint density at radius 1 is 1.28 bits per heavy atom. The van der Waals surface area contributed by atoms with E-state index in [1.54, 1.807) is 12.5 Å². The van der Waals surface area contributed by atoms with Crippen molar-refractivity contribution in [1.29, 1.82) is 0 Å². The molecule has 1 N–H and O–H groups in total. The van der Waals surface area contributed by atoms with E-state index in [0.717, 1.165) is 31.4 Å². The van der Waals surface area contributed by atoms with E-state index in [4.69, 9.17) is 9.15 Å². The van der Waals surface area contributed by atoms with Crippen LogP contribution in [0.15, 0.2) is 47.4 Å². The first-order chi connectivity index (χ1) is 14.2. The van der Waals surface area contributed by atoms with Gasteiger partial charge in [0, 0.05) is 18.1 Å². The van der Waals surface area contributed by atoms with Crippen LogP contribution in [0.25, 0.3) is 5.69 Å². The summed E-state index contributed by atoms with van der Waals surface area (Å²) in [6.45, 7) is 2.36. The number of hydrogen-bond acceptors (Lipinski definition) is 7. The summed E-state index contributed by atoms with van der Waals surface area (Å²) in [7, 11) is 0. The Morgan fingerprint density at radius 2 is 2.10 bits per heavy atom. The lowest BCUT2D eigenvalue weighted by Crippen LogP contribution is -2.24. The fourth-order valence-corrected chi connectivity index (χ4v) is 2.96. The Morgan fingerprint density at radius 3 is 2.79 bits per heavy atom. The minimum atomic E-state index is -0.215. The van der Waals surface area contributed by atoms with E-state index in [9.17, 15) is 10.0 Å². The van der Waals surface area contributed by atoms with Crippen molar-refractivity contribution in [2.45, 2.75) is 45.1 Å². The number of nitrogens with zero attached hydrogens (tertiary/aromatic N) is 5. The lowest BCUT2D eigenvalue weighted by molar-refractivity contribution is -0.151. The normalized spacial score (nSPS) is 11.9. The molecule has 154 valence electrons. The monoisotopic (exact) mass is 399 g/mol. The topological polar surface area (TPSA) is 107 Å². The third-order valence-electron chi connectivity index (χ3n) is 4.52. The van der Waals surface area contributed by atoms with Gasteiger partial charge < -0.3 is 13.7 Å². The van der Waals surface area contributed by atoms with Crippen LogP contribution < -0.4 is 4.74 Å². The molecule has 0 fully saturated rings. The van der Waals surface area contributed by atoms with Gasteiger partial charge in [-0.05, 0) is 30.7 Å². The lowest BCUT2D eigenvalue weighted by atomic mass is 10.0. The van der Waals surface area contributed by atoms with Gasteiger partial charge in [0.15, 0.2) is 6.61 Å². The van der Waals surface area contributed by atoms with Crippen LogP contribution in [0, 0.1) is 0 Å². The number of hydroxylamine groups is 2. The van der Waals surface area contributed by atoms with Gasteiger partial charge in [0.25, 0.3) is 5.89 Å². The first-order valence-corrected chi connectivity index (χ1v) is 9.64. The molecule has 1 unspecified atom stereocenters. The maximum absolute atomic E-state index is 10.7. The molecule has 2 heterocycles. The predicted octanol–water partition coefficient (Wildman–Crippen LogP) is 3.35. The Balaban J connectivity index is 1.58. The highest BCUT2D eigenvalue weighted by atomic mass is 16.5. The van der Waals surface area contributed by atoms with Gasteiger partial charge in [0.1, 0.15) is 5.75 Å². The number of unbranched alkanes of at least 4 members (excludes halogenated alkanes) is 2. The van der Waals surface area contributed by atoms with Gasteiger partial charge in [-0.15, -0.1) is 10.2 Å². The fraction of sp³-hybridized carbons (Fsp3) is 0.400. The summed E-state index contributed by atoms with van der Waals surface area (Å²) in [5.41, 5.74) is 0.980. The minimum Gasteiger partial charge on any atom is -0.484 e. The molecule has 0 aliphatic heterocycles. The first kappa shape index (κ1) is 20.5. The Bertz CT molecular complexity index is 863. The van der Waals surface area contributed by atoms with E-state index in [1.807, 2.05) is 35.0 Å². The molecule has 29 heavy (non-hydrogen) atoms. The molecular formula is C20H25N5O4. The van der Waals surface area contributed by atoms with Crippen molar-refractivity contribution in [3.8, 4) is 11.4 Å². The van der Waals surface area contributed by atoms with E-state index >= 15 is 0 Å². The molecule has 0 saturated carbocycles. The van der Waals surface area contributed by atoms with Gasteiger partial charge in [-0.2, -0.15) is 0 Å². The molecule has 9 heteroatoms. The van der Waals surface area contributed by atoms with Crippen molar-refractivity contribution >= 4 is 6.41 Å². The molecule has 0 aliphatic carbocycles. The average molecular weight is 399 g/mol. The largest absolute Gasteiger partial charge is 0.484 e. The number of carbonyl (C=O) groups is 1. The van der Waals surface area contributed by atoms with E-state index in [2.05, 4.69) is 22.1 Å². The van der Waals surface area contributed by atoms with Crippen molar-refractivity contribution in [2.75, 3.05) is 6.54 Å². The third kappa shape index (κ3) is 5.89. The standard InChI is InChI=1S/C20H25N5O4/c1-2-3-4-5-16(12-25(27)15-26)20-23-22-19(29-20)13-28-18-8-6-17(7-9-18)24-11-10-21-14-24/h6-11,14-16,27H,2-5,12-13H2,1H3. The van der Waals surface area contributed by atoms with Crippen molar-refractivity contribution in [2.24, 2.45) is 0 Å². The molecule has 0 spiro atoms. The number of rotatable bonds is 12. The van der Waals surface area contributed by atoms with Gasteiger partial charge in [-0.3, -0.25) is 10.0 Å². The number of benzene rings is 1.